The number of thiophene rings is 1. The molecule has 1 aromatic heterocycles. The molecule has 0 spiro atoms. The predicted molar refractivity (Wildman–Crippen MR) is 270 cm³/mol. The normalized spacial score (nSPS) is 15.5. The summed E-state index contributed by atoms with van der Waals surface area (Å²) in [7, 11) is 0. The summed E-state index contributed by atoms with van der Waals surface area (Å²) in [6.07, 6.45) is 0. The van der Waals surface area contributed by atoms with Crippen LogP contribution in [0.4, 0.5) is 17.1 Å². The van der Waals surface area contributed by atoms with E-state index in [4.69, 9.17) is 0 Å². The van der Waals surface area contributed by atoms with E-state index in [1.54, 1.807) is 0 Å². The van der Waals surface area contributed by atoms with Crippen LogP contribution >= 0.6 is 11.3 Å². The van der Waals surface area contributed by atoms with Crippen LogP contribution in [0, 0.1) is 0 Å². The molecule has 13 rings (SSSR count). The van der Waals surface area contributed by atoms with Crippen molar-refractivity contribution in [1.82, 2.24) is 0 Å². The Balaban J connectivity index is 0.998. The average molecular weight is 826 g/mol. The average Bonchev–Trinajstić information content (AvgIpc) is 3.93. The van der Waals surface area contributed by atoms with E-state index in [-0.39, 0.29) is 16.2 Å². The number of nitrogens with zero attached hydrogens (tertiary/aromatic N) is 1. The van der Waals surface area contributed by atoms with E-state index in [1.807, 2.05) is 11.3 Å². The van der Waals surface area contributed by atoms with Gasteiger partial charge in [0.1, 0.15) is 0 Å². The summed E-state index contributed by atoms with van der Waals surface area (Å²) in [6, 6.07) is 67.1. The van der Waals surface area contributed by atoms with Gasteiger partial charge in [0.25, 0.3) is 0 Å². The van der Waals surface area contributed by atoms with Gasteiger partial charge in [0.2, 0.25) is 0 Å². The molecule has 0 fully saturated rings. The molecule has 0 aliphatic heterocycles. The van der Waals surface area contributed by atoms with Gasteiger partial charge in [0, 0.05) is 53.5 Å². The number of hydrogen-bond donors (Lipinski definition) is 0. The maximum Gasteiger partial charge on any atom is 0.0476 e. The fourth-order valence-electron chi connectivity index (χ4n) is 12.0. The van der Waals surface area contributed by atoms with Crippen molar-refractivity contribution < 1.29 is 0 Å². The molecule has 2 heteroatoms. The summed E-state index contributed by atoms with van der Waals surface area (Å²) in [5, 5.41) is 5.21. The van der Waals surface area contributed by atoms with Crippen molar-refractivity contribution in [3.8, 4) is 44.5 Å². The summed E-state index contributed by atoms with van der Waals surface area (Å²) in [5.41, 5.74) is 22.4. The largest absolute Gasteiger partial charge is 0.310 e. The van der Waals surface area contributed by atoms with Crippen LogP contribution in [0.2, 0.25) is 0 Å². The fourth-order valence-corrected chi connectivity index (χ4v) is 13.2. The molecule has 3 aliphatic carbocycles. The molecule has 9 aromatic carbocycles. The number of benzene rings is 9. The Hall–Kier alpha value is -6.74. The molecule has 302 valence electrons. The van der Waals surface area contributed by atoms with Crippen LogP contribution in [-0.2, 0) is 16.2 Å². The number of anilines is 3. The summed E-state index contributed by atoms with van der Waals surface area (Å²) in [6.45, 7) is 14.2. The van der Waals surface area contributed by atoms with Crippen molar-refractivity contribution in [3.05, 3.63) is 209 Å². The van der Waals surface area contributed by atoms with Gasteiger partial charge in [-0.15, -0.1) is 11.3 Å². The van der Waals surface area contributed by atoms with Crippen molar-refractivity contribution in [2.75, 3.05) is 4.90 Å². The van der Waals surface area contributed by atoms with Crippen molar-refractivity contribution >= 4 is 59.3 Å². The quantitative estimate of drug-likeness (QED) is 0.171. The lowest BCUT2D eigenvalue weighted by Crippen LogP contribution is -2.16. The first kappa shape index (κ1) is 36.9. The molecule has 1 nitrogen and oxygen atoms in total. The van der Waals surface area contributed by atoms with Crippen LogP contribution in [0.25, 0.3) is 75.5 Å². The van der Waals surface area contributed by atoms with Crippen molar-refractivity contribution in [3.63, 3.8) is 0 Å². The van der Waals surface area contributed by atoms with E-state index in [2.05, 4.69) is 222 Å². The molecule has 0 unspecified atom stereocenters. The lowest BCUT2D eigenvalue weighted by molar-refractivity contribution is 0.660. The van der Waals surface area contributed by atoms with Crippen LogP contribution in [0.15, 0.2) is 176 Å². The fraction of sp³-hybridized carbons (Fsp3) is 0.148. The summed E-state index contributed by atoms with van der Waals surface area (Å²) in [5.74, 6) is 0. The van der Waals surface area contributed by atoms with Gasteiger partial charge < -0.3 is 4.90 Å². The monoisotopic (exact) mass is 825 g/mol. The first-order chi connectivity index (χ1) is 30.5. The van der Waals surface area contributed by atoms with E-state index in [0.717, 1.165) is 5.69 Å². The van der Waals surface area contributed by atoms with Crippen molar-refractivity contribution in [2.24, 2.45) is 0 Å². The van der Waals surface area contributed by atoms with Crippen LogP contribution in [0.5, 0.6) is 0 Å². The highest BCUT2D eigenvalue weighted by molar-refractivity contribution is 7.25. The molecule has 0 bridgehead atoms. The minimum atomic E-state index is -0.0778. The van der Waals surface area contributed by atoms with Gasteiger partial charge in [-0.2, -0.15) is 0 Å². The Morgan fingerprint density at radius 2 is 0.794 bits per heavy atom. The summed E-state index contributed by atoms with van der Waals surface area (Å²) >= 11 is 1.91. The standard InChI is InChI=1S/C61H47NS/c1-59(2)49-20-12-9-17-42(49)47-33-38(25-29-52(47)59)62(39-26-30-53-48(34-39)43-18-10-13-21-50(43)60(53,3)4)40-24-28-45-44-27-23-37(32-55(44)63-56(45)35-40)57-41-16-8-7-15-36(41)31-54-58(57)46-19-11-14-22-51(46)61(54,5)6/h7-35H,1-6H3. The highest BCUT2D eigenvalue weighted by atomic mass is 32.1. The zero-order valence-electron chi connectivity index (χ0n) is 36.6. The number of fused-ring (bicyclic) bond motifs is 13. The first-order valence-corrected chi connectivity index (χ1v) is 23.2. The zero-order valence-corrected chi connectivity index (χ0v) is 37.4. The molecule has 1 heterocycles. The van der Waals surface area contributed by atoms with E-state index in [0.29, 0.717) is 0 Å². The molecule has 0 saturated heterocycles. The predicted octanol–water partition coefficient (Wildman–Crippen LogP) is 17.3. The third-order valence-corrected chi connectivity index (χ3v) is 16.4. The second-order valence-corrected chi connectivity index (χ2v) is 20.8. The Morgan fingerprint density at radius 1 is 0.333 bits per heavy atom. The molecule has 0 radical (unpaired) electrons. The molecule has 0 saturated carbocycles. The highest BCUT2D eigenvalue weighted by Gasteiger charge is 2.39. The minimum absolute atomic E-state index is 0.0569. The molecular weight excluding hydrogens is 779 g/mol. The van der Waals surface area contributed by atoms with Crippen LogP contribution in [0.1, 0.15) is 74.9 Å². The van der Waals surface area contributed by atoms with Crippen LogP contribution < -0.4 is 4.90 Å². The SMILES string of the molecule is CC1(C)c2ccccc2-c2cc(N(c3ccc4c(c3)-c3ccccc3C4(C)C)c3ccc4c(c3)sc3cc(-c5c6c(cc7ccccc57)C(C)(C)c5ccccc5-6)ccc34)ccc21. The maximum atomic E-state index is 2.50. The van der Waals surface area contributed by atoms with Crippen LogP contribution in [0.3, 0.4) is 0 Å². The summed E-state index contributed by atoms with van der Waals surface area (Å²) in [4.78, 5) is 2.50. The molecule has 0 atom stereocenters. The van der Waals surface area contributed by atoms with Gasteiger partial charge >= 0.3 is 0 Å². The van der Waals surface area contributed by atoms with E-state index >= 15 is 0 Å². The van der Waals surface area contributed by atoms with Gasteiger partial charge in [-0.05, 0) is 137 Å². The van der Waals surface area contributed by atoms with E-state index < -0.39 is 0 Å². The van der Waals surface area contributed by atoms with Gasteiger partial charge in [-0.1, -0.05) is 169 Å². The topological polar surface area (TPSA) is 3.24 Å². The Bertz CT molecular complexity index is 3510. The van der Waals surface area contributed by atoms with Crippen LogP contribution in [-0.4, -0.2) is 0 Å². The smallest absolute Gasteiger partial charge is 0.0476 e. The molecular formula is C61H47NS. The molecule has 10 aromatic rings. The van der Waals surface area contributed by atoms with Crippen molar-refractivity contribution in [1.29, 1.82) is 0 Å². The molecule has 3 aliphatic rings. The summed E-state index contributed by atoms with van der Waals surface area (Å²) < 4.78 is 2.60. The van der Waals surface area contributed by atoms with Gasteiger partial charge in [-0.25, -0.2) is 0 Å². The third-order valence-electron chi connectivity index (χ3n) is 15.2. The van der Waals surface area contributed by atoms with E-state index in [9.17, 15) is 0 Å². The molecule has 0 N–H and O–H groups in total. The first-order valence-electron chi connectivity index (χ1n) is 22.4. The van der Waals surface area contributed by atoms with Crippen molar-refractivity contribution in [2.45, 2.75) is 57.8 Å². The highest BCUT2D eigenvalue weighted by Crippen LogP contribution is 2.56. The number of hydrogen-bond acceptors (Lipinski definition) is 2. The Labute approximate surface area is 373 Å². The van der Waals surface area contributed by atoms with Gasteiger partial charge in [0.15, 0.2) is 0 Å². The maximum absolute atomic E-state index is 2.50. The van der Waals surface area contributed by atoms with E-state index in [1.165, 1.54) is 120 Å². The zero-order chi connectivity index (χ0) is 42.6. The molecule has 63 heavy (non-hydrogen) atoms. The second-order valence-electron chi connectivity index (χ2n) is 19.7. The second kappa shape index (κ2) is 12.7. The number of rotatable bonds is 4. The molecule has 0 amide bonds. The Morgan fingerprint density at radius 3 is 1.43 bits per heavy atom. The Kier molecular flexibility index (Phi) is 7.42. The third kappa shape index (κ3) is 4.99. The van der Waals surface area contributed by atoms with Gasteiger partial charge in [-0.3, -0.25) is 0 Å². The van der Waals surface area contributed by atoms with Gasteiger partial charge in [0.05, 0.1) is 0 Å². The minimum Gasteiger partial charge on any atom is -0.310 e. The lowest BCUT2D eigenvalue weighted by atomic mass is 9.80. The lowest BCUT2D eigenvalue weighted by Gasteiger charge is -2.28.